The molecule has 0 N–H and O–H groups in total. The Morgan fingerprint density at radius 1 is 1.12 bits per heavy atom. The van der Waals surface area contributed by atoms with E-state index in [0.717, 1.165) is 5.56 Å². The fourth-order valence-electron chi connectivity index (χ4n) is 2.79. The molecule has 5 nitrogen and oxygen atoms in total. The zero-order chi connectivity index (χ0) is 18.1. The maximum absolute atomic E-state index is 13.0. The lowest BCUT2D eigenvalue weighted by Gasteiger charge is -2.33. The van der Waals surface area contributed by atoms with Gasteiger partial charge in [0.15, 0.2) is 4.32 Å². The van der Waals surface area contributed by atoms with Crippen molar-refractivity contribution in [2.45, 2.75) is 0 Å². The Balaban J connectivity index is 1.54. The van der Waals surface area contributed by atoms with Crippen molar-refractivity contribution in [1.29, 1.82) is 0 Å². The van der Waals surface area contributed by atoms with Crippen LogP contribution < -0.4 is 0 Å². The standard InChI is InChI=1S/C18H15FN2O3S2/c19-13-3-1-12(2-4-13)15-6-5-14(24-15)11-16-17(22)21(18(25)26-16)20-7-9-23-10-8-20/h1-6,11H,7-10H2/b16-11+. The molecule has 0 spiro atoms. The third-order valence-corrected chi connectivity index (χ3v) is 5.36. The highest BCUT2D eigenvalue weighted by molar-refractivity contribution is 8.26. The second-order valence-corrected chi connectivity index (χ2v) is 7.44. The summed E-state index contributed by atoms with van der Waals surface area (Å²) >= 11 is 6.62. The summed E-state index contributed by atoms with van der Waals surface area (Å²) in [5.41, 5.74) is 0.770. The fourth-order valence-corrected chi connectivity index (χ4v) is 4.08. The van der Waals surface area contributed by atoms with E-state index in [9.17, 15) is 9.18 Å². The second kappa shape index (κ2) is 7.32. The van der Waals surface area contributed by atoms with Gasteiger partial charge in [0.1, 0.15) is 17.3 Å². The number of hydrazine groups is 1. The molecule has 134 valence electrons. The number of ether oxygens (including phenoxy) is 1. The smallest absolute Gasteiger partial charge is 0.281 e. The maximum Gasteiger partial charge on any atom is 0.281 e. The van der Waals surface area contributed by atoms with Gasteiger partial charge in [-0.1, -0.05) is 24.0 Å². The Kier molecular flexibility index (Phi) is 4.90. The van der Waals surface area contributed by atoms with E-state index in [1.807, 2.05) is 5.01 Å². The lowest BCUT2D eigenvalue weighted by Crippen LogP contribution is -2.50. The number of hydrogen-bond donors (Lipinski definition) is 0. The topological polar surface area (TPSA) is 45.9 Å². The summed E-state index contributed by atoms with van der Waals surface area (Å²) in [4.78, 5) is 13.2. The summed E-state index contributed by atoms with van der Waals surface area (Å²) in [5.74, 6) is 0.709. The number of nitrogens with zero attached hydrogens (tertiary/aromatic N) is 2. The molecule has 2 aromatic rings. The van der Waals surface area contributed by atoms with Gasteiger partial charge in [-0.15, -0.1) is 0 Å². The number of morpholine rings is 1. The fraction of sp³-hybridized carbons (Fsp3) is 0.222. The monoisotopic (exact) mass is 390 g/mol. The first-order valence-corrected chi connectivity index (χ1v) is 9.30. The van der Waals surface area contributed by atoms with Crippen molar-refractivity contribution in [3.63, 3.8) is 0 Å². The van der Waals surface area contributed by atoms with Crippen LogP contribution in [0.15, 0.2) is 45.7 Å². The van der Waals surface area contributed by atoms with Crippen molar-refractivity contribution in [2.75, 3.05) is 26.3 Å². The molecule has 1 amide bonds. The Morgan fingerprint density at radius 2 is 1.85 bits per heavy atom. The van der Waals surface area contributed by atoms with E-state index in [-0.39, 0.29) is 11.7 Å². The molecule has 8 heteroatoms. The highest BCUT2D eigenvalue weighted by Gasteiger charge is 2.37. The largest absolute Gasteiger partial charge is 0.457 e. The van der Waals surface area contributed by atoms with Crippen molar-refractivity contribution in [3.8, 4) is 11.3 Å². The number of amides is 1. The highest BCUT2D eigenvalue weighted by atomic mass is 32.2. The minimum atomic E-state index is -0.299. The molecule has 2 fully saturated rings. The minimum absolute atomic E-state index is 0.151. The SMILES string of the molecule is O=C1/C(=C\c2ccc(-c3ccc(F)cc3)o2)SC(=S)N1N1CCOCC1. The van der Waals surface area contributed by atoms with Crippen LogP contribution >= 0.6 is 24.0 Å². The average Bonchev–Trinajstić information content (AvgIpc) is 3.21. The summed E-state index contributed by atoms with van der Waals surface area (Å²) < 4.78 is 24.6. The molecule has 2 saturated heterocycles. The average molecular weight is 390 g/mol. The van der Waals surface area contributed by atoms with Crippen LogP contribution in [0.25, 0.3) is 17.4 Å². The number of carbonyl (C=O) groups excluding carboxylic acids is 1. The molecule has 0 atom stereocenters. The van der Waals surface area contributed by atoms with Crippen molar-refractivity contribution >= 4 is 40.3 Å². The van der Waals surface area contributed by atoms with Crippen molar-refractivity contribution < 1.29 is 18.3 Å². The van der Waals surface area contributed by atoms with E-state index in [1.54, 1.807) is 30.3 Å². The predicted octanol–water partition coefficient (Wildman–Crippen LogP) is 3.53. The third-order valence-electron chi connectivity index (χ3n) is 4.07. The van der Waals surface area contributed by atoms with Gasteiger partial charge < -0.3 is 9.15 Å². The molecule has 1 aromatic carbocycles. The molecular weight excluding hydrogens is 375 g/mol. The van der Waals surface area contributed by atoms with Gasteiger partial charge in [-0.2, -0.15) is 0 Å². The van der Waals surface area contributed by atoms with E-state index >= 15 is 0 Å². The number of furan rings is 1. The molecule has 0 bridgehead atoms. The maximum atomic E-state index is 13.0. The van der Waals surface area contributed by atoms with Crippen LogP contribution in [-0.4, -0.2) is 46.5 Å². The number of thioether (sulfide) groups is 1. The number of thiocarbonyl (C=S) groups is 1. The van der Waals surface area contributed by atoms with Crippen LogP contribution in [0.1, 0.15) is 5.76 Å². The molecule has 2 aliphatic heterocycles. The molecule has 0 saturated carbocycles. The van der Waals surface area contributed by atoms with E-state index < -0.39 is 0 Å². The normalized spacial score (nSPS) is 20.3. The van der Waals surface area contributed by atoms with E-state index in [0.29, 0.717) is 47.0 Å². The summed E-state index contributed by atoms with van der Waals surface area (Å²) in [5, 5.41) is 3.45. The van der Waals surface area contributed by atoms with E-state index in [1.165, 1.54) is 28.9 Å². The first-order valence-electron chi connectivity index (χ1n) is 8.08. The van der Waals surface area contributed by atoms with Gasteiger partial charge in [0.2, 0.25) is 0 Å². The van der Waals surface area contributed by atoms with Crippen molar-refractivity contribution in [3.05, 3.63) is 52.9 Å². The van der Waals surface area contributed by atoms with Gasteiger partial charge in [-0.05, 0) is 36.4 Å². The molecule has 0 aliphatic carbocycles. The van der Waals surface area contributed by atoms with Crippen LogP contribution in [-0.2, 0) is 9.53 Å². The Labute approximate surface area is 159 Å². The van der Waals surface area contributed by atoms with Crippen molar-refractivity contribution in [1.82, 2.24) is 10.0 Å². The van der Waals surface area contributed by atoms with Gasteiger partial charge >= 0.3 is 0 Å². The van der Waals surface area contributed by atoms with Gasteiger partial charge in [-0.25, -0.2) is 14.4 Å². The van der Waals surface area contributed by atoms with E-state index in [2.05, 4.69) is 0 Å². The second-order valence-electron chi connectivity index (χ2n) is 5.77. The van der Waals surface area contributed by atoms with Gasteiger partial charge in [0.25, 0.3) is 5.91 Å². The third kappa shape index (κ3) is 3.45. The predicted molar refractivity (Wildman–Crippen MR) is 102 cm³/mol. The lowest BCUT2D eigenvalue weighted by molar-refractivity contribution is -0.138. The number of hydrogen-bond acceptors (Lipinski definition) is 6. The molecule has 1 aromatic heterocycles. The van der Waals surface area contributed by atoms with Crippen LogP contribution in [0, 0.1) is 5.82 Å². The lowest BCUT2D eigenvalue weighted by atomic mass is 10.2. The molecule has 2 aliphatic rings. The zero-order valence-corrected chi connectivity index (χ0v) is 15.3. The number of carbonyl (C=O) groups is 1. The van der Waals surface area contributed by atoms with Crippen molar-refractivity contribution in [2.24, 2.45) is 0 Å². The molecule has 4 rings (SSSR count). The molecule has 26 heavy (non-hydrogen) atoms. The Morgan fingerprint density at radius 3 is 2.58 bits per heavy atom. The Hall–Kier alpha value is -2.00. The van der Waals surface area contributed by atoms with E-state index in [4.69, 9.17) is 21.4 Å². The summed E-state index contributed by atoms with van der Waals surface area (Å²) in [6, 6.07) is 9.63. The Bertz CT molecular complexity index is 873. The molecule has 0 radical (unpaired) electrons. The van der Waals surface area contributed by atoms with Crippen LogP contribution in [0.2, 0.25) is 0 Å². The van der Waals surface area contributed by atoms with Crippen LogP contribution in [0.5, 0.6) is 0 Å². The highest BCUT2D eigenvalue weighted by Crippen LogP contribution is 2.34. The van der Waals surface area contributed by atoms with Crippen LogP contribution in [0.4, 0.5) is 4.39 Å². The zero-order valence-electron chi connectivity index (χ0n) is 13.7. The molecule has 0 unspecified atom stereocenters. The van der Waals surface area contributed by atoms with Crippen LogP contribution in [0.3, 0.4) is 0 Å². The number of halogens is 1. The van der Waals surface area contributed by atoms with Gasteiger partial charge in [0.05, 0.1) is 18.1 Å². The quantitative estimate of drug-likeness (QED) is 0.590. The summed E-state index contributed by atoms with van der Waals surface area (Å²) in [6.45, 7) is 2.43. The minimum Gasteiger partial charge on any atom is -0.457 e. The first kappa shape index (κ1) is 17.4. The summed E-state index contributed by atoms with van der Waals surface area (Å²) in [7, 11) is 0. The molecule has 3 heterocycles. The number of rotatable bonds is 3. The number of benzene rings is 1. The first-order chi connectivity index (χ1) is 12.6. The molecular formula is C18H15FN2O3S2. The summed E-state index contributed by atoms with van der Waals surface area (Å²) in [6.07, 6.45) is 1.69. The van der Waals surface area contributed by atoms with Gasteiger partial charge in [0, 0.05) is 24.7 Å². The van der Waals surface area contributed by atoms with Gasteiger partial charge in [-0.3, -0.25) is 4.79 Å².